The molecule has 0 saturated heterocycles. The van der Waals surface area contributed by atoms with Crippen LogP contribution in [0.15, 0.2) is 76.9 Å². The highest BCUT2D eigenvalue weighted by molar-refractivity contribution is 5.76. The first kappa shape index (κ1) is 29.4. The molecule has 3 aromatic rings. The summed E-state index contributed by atoms with van der Waals surface area (Å²) in [6.07, 6.45) is 1.95. The summed E-state index contributed by atoms with van der Waals surface area (Å²) >= 11 is 0. The summed E-state index contributed by atoms with van der Waals surface area (Å²) in [7, 11) is 0. The topological polar surface area (TPSA) is 112 Å². The van der Waals surface area contributed by atoms with Crippen molar-refractivity contribution in [2.24, 2.45) is 0 Å². The molecule has 0 spiro atoms. The van der Waals surface area contributed by atoms with Crippen LogP contribution in [-0.4, -0.2) is 33.4 Å². The van der Waals surface area contributed by atoms with E-state index >= 15 is 0 Å². The molecular weight excluding hydrogens is 537 g/mol. The SMILES string of the molecule is CC(C)(Oc1ccc(CCN(Cc2ccc(C(F)(F)F)cc2)c2noc(C3(C)C=CC(C#N)=CC3)n2)cc1)C(=O)O. The van der Waals surface area contributed by atoms with Gasteiger partial charge in [-0.1, -0.05) is 36.4 Å². The first-order chi connectivity index (χ1) is 19.3. The number of alkyl halides is 3. The van der Waals surface area contributed by atoms with Crippen molar-refractivity contribution in [2.75, 3.05) is 11.4 Å². The third kappa shape index (κ3) is 7.14. The number of carboxylic acid groups (broad SMARTS) is 1. The summed E-state index contributed by atoms with van der Waals surface area (Å²) in [4.78, 5) is 17.8. The molecule has 1 aliphatic rings. The van der Waals surface area contributed by atoms with Crippen LogP contribution in [-0.2, 0) is 29.4 Å². The van der Waals surface area contributed by atoms with Crippen LogP contribution in [0, 0.1) is 11.3 Å². The monoisotopic (exact) mass is 566 g/mol. The predicted octanol–water partition coefficient (Wildman–Crippen LogP) is 6.25. The van der Waals surface area contributed by atoms with Crippen molar-refractivity contribution >= 4 is 11.9 Å². The summed E-state index contributed by atoms with van der Waals surface area (Å²) in [5.41, 5.74) is -0.617. The van der Waals surface area contributed by atoms with Gasteiger partial charge in [-0.2, -0.15) is 23.4 Å². The van der Waals surface area contributed by atoms with Crippen molar-refractivity contribution < 1.29 is 32.3 Å². The maximum atomic E-state index is 13.1. The van der Waals surface area contributed by atoms with Crippen molar-refractivity contribution in [1.82, 2.24) is 10.1 Å². The number of aliphatic carboxylic acids is 1. The second-order valence-electron chi connectivity index (χ2n) is 10.6. The molecule has 2 aromatic carbocycles. The van der Waals surface area contributed by atoms with E-state index in [0.29, 0.717) is 42.2 Å². The lowest BCUT2D eigenvalue weighted by atomic mass is 9.82. The molecule has 1 heterocycles. The number of carbonyl (C=O) groups is 1. The van der Waals surface area contributed by atoms with Gasteiger partial charge in [-0.25, -0.2) is 4.79 Å². The van der Waals surface area contributed by atoms with Gasteiger partial charge in [0, 0.05) is 18.7 Å². The molecular formula is C30H29F3N4O4. The zero-order valence-electron chi connectivity index (χ0n) is 22.8. The fraction of sp³-hybridized carbons (Fsp3) is 0.333. The number of benzene rings is 2. The Morgan fingerprint density at radius 3 is 2.37 bits per heavy atom. The number of hydrogen-bond donors (Lipinski definition) is 1. The predicted molar refractivity (Wildman–Crippen MR) is 144 cm³/mol. The Morgan fingerprint density at radius 2 is 1.80 bits per heavy atom. The van der Waals surface area contributed by atoms with Gasteiger partial charge in [0.2, 0.25) is 5.89 Å². The molecule has 1 unspecified atom stereocenters. The number of ether oxygens (including phenoxy) is 1. The molecule has 11 heteroatoms. The van der Waals surface area contributed by atoms with Gasteiger partial charge in [0.25, 0.3) is 5.95 Å². The van der Waals surface area contributed by atoms with Gasteiger partial charge < -0.3 is 19.3 Å². The Bertz CT molecular complexity index is 1490. The van der Waals surface area contributed by atoms with E-state index in [9.17, 15) is 23.1 Å². The highest BCUT2D eigenvalue weighted by Crippen LogP contribution is 2.34. The molecule has 214 valence electrons. The van der Waals surface area contributed by atoms with Gasteiger partial charge in [-0.3, -0.25) is 0 Å². The Morgan fingerprint density at radius 1 is 1.15 bits per heavy atom. The summed E-state index contributed by atoms with van der Waals surface area (Å²) in [6, 6.07) is 14.0. The standard InChI is InChI=1S/C30H29F3N4O4/c1-28(2,26(38)39)40-24-10-6-20(7-11-24)14-17-37(19-22-4-8-23(9-5-22)30(31,32)33)27-35-25(41-36-27)29(3)15-12-21(18-34)13-16-29/h4-13,15H,14,16-17,19H2,1-3H3,(H,38,39). The fourth-order valence-corrected chi connectivity index (χ4v) is 4.15. The van der Waals surface area contributed by atoms with Crippen molar-refractivity contribution in [1.29, 1.82) is 5.26 Å². The normalized spacial score (nSPS) is 17.0. The van der Waals surface area contributed by atoms with E-state index in [1.54, 1.807) is 24.3 Å². The Labute approximate surface area is 235 Å². The van der Waals surface area contributed by atoms with E-state index in [1.807, 2.05) is 30.0 Å². The Kier molecular flexibility index (Phi) is 8.24. The second-order valence-corrected chi connectivity index (χ2v) is 10.6. The van der Waals surface area contributed by atoms with Gasteiger partial charge in [0.05, 0.1) is 17.0 Å². The molecule has 0 amide bonds. The van der Waals surface area contributed by atoms with E-state index in [1.165, 1.54) is 26.0 Å². The molecule has 1 N–H and O–H groups in total. The van der Waals surface area contributed by atoms with Crippen LogP contribution in [0.5, 0.6) is 5.75 Å². The van der Waals surface area contributed by atoms with E-state index in [2.05, 4.69) is 16.2 Å². The van der Waals surface area contributed by atoms with E-state index in [-0.39, 0.29) is 12.5 Å². The molecule has 1 aromatic heterocycles. The van der Waals surface area contributed by atoms with Crippen molar-refractivity contribution in [3.8, 4) is 11.8 Å². The minimum atomic E-state index is -4.43. The molecule has 0 bridgehead atoms. The highest BCUT2D eigenvalue weighted by Gasteiger charge is 2.33. The van der Waals surface area contributed by atoms with Crippen LogP contribution in [0.4, 0.5) is 19.1 Å². The number of allylic oxidation sites excluding steroid dienone is 4. The van der Waals surface area contributed by atoms with Gasteiger partial charge in [0.15, 0.2) is 5.60 Å². The number of hydrogen-bond acceptors (Lipinski definition) is 7. The molecule has 0 aliphatic heterocycles. The molecule has 0 fully saturated rings. The Hall–Kier alpha value is -4.59. The average Bonchev–Trinajstić information content (AvgIpc) is 3.43. The lowest BCUT2D eigenvalue weighted by molar-refractivity contribution is -0.152. The zero-order valence-corrected chi connectivity index (χ0v) is 22.8. The van der Waals surface area contributed by atoms with E-state index in [4.69, 9.17) is 14.5 Å². The van der Waals surface area contributed by atoms with Gasteiger partial charge >= 0.3 is 12.1 Å². The number of rotatable bonds is 10. The summed E-state index contributed by atoms with van der Waals surface area (Å²) in [5, 5.41) is 22.6. The van der Waals surface area contributed by atoms with Crippen molar-refractivity contribution in [3.05, 3.63) is 94.9 Å². The number of anilines is 1. The number of nitrogens with zero attached hydrogens (tertiary/aromatic N) is 4. The minimum Gasteiger partial charge on any atom is -0.478 e. The third-order valence-electron chi connectivity index (χ3n) is 6.83. The lowest BCUT2D eigenvalue weighted by Crippen LogP contribution is -2.37. The summed E-state index contributed by atoms with van der Waals surface area (Å²) < 4.78 is 50.4. The molecule has 0 radical (unpaired) electrons. The lowest BCUT2D eigenvalue weighted by Gasteiger charge is -2.23. The van der Waals surface area contributed by atoms with Gasteiger partial charge in [-0.15, -0.1) is 0 Å². The number of aromatic nitrogens is 2. The molecule has 1 aliphatic carbocycles. The largest absolute Gasteiger partial charge is 0.478 e. The maximum absolute atomic E-state index is 13.1. The molecule has 0 saturated carbocycles. The van der Waals surface area contributed by atoms with Crippen LogP contribution in [0.25, 0.3) is 0 Å². The quantitative estimate of drug-likeness (QED) is 0.307. The second kappa shape index (κ2) is 11.5. The fourth-order valence-electron chi connectivity index (χ4n) is 4.15. The van der Waals surface area contributed by atoms with E-state index in [0.717, 1.165) is 17.7 Å². The maximum Gasteiger partial charge on any atom is 0.416 e. The smallest absolute Gasteiger partial charge is 0.416 e. The van der Waals surface area contributed by atoms with Crippen LogP contribution in [0.1, 0.15) is 49.8 Å². The molecule has 4 rings (SSSR count). The number of halogens is 3. The average molecular weight is 567 g/mol. The number of nitriles is 1. The van der Waals surface area contributed by atoms with Crippen LogP contribution >= 0.6 is 0 Å². The third-order valence-corrected chi connectivity index (χ3v) is 6.83. The molecule has 1 atom stereocenters. The Balaban J connectivity index is 1.53. The number of carboxylic acids is 1. The highest BCUT2D eigenvalue weighted by atomic mass is 19.4. The zero-order chi connectivity index (χ0) is 29.8. The van der Waals surface area contributed by atoms with Crippen LogP contribution in [0.2, 0.25) is 0 Å². The first-order valence-corrected chi connectivity index (χ1v) is 12.9. The van der Waals surface area contributed by atoms with Crippen LogP contribution in [0.3, 0.4) is 0 Å². The molecule has 8 nitrogen and oxygen atoms in total. The van der Waals surface area contributed by atoms with Crippen molar-refractivity contribution in [2.45, 2.75) is 57.3 Å². The van der Waals surface area contributed by atoms with Crippen molar-refractivity contribution in [3.63, 3.8) is 0 Å². The first-order valence-electron chi connectivity index (χ1n) is 12.9. The van der Waals surface area contributed by atoms with Gasteiger partial charge in [0.1, 0.15) is 5.75 Å². The van der Waals surface area contributed by atoms with Gasteiger partial charge in [-0.05, 0) is 80.2 Å². The molecule has 41 heavy (non-hydrogen) atoms. The summed E-state index contributed by atoms with van der Waals surface area (Å²) in [6.45, 7) is 5.48. The van der Waals surface area contributed by atoms with E-state index < -0.39 is 28.7 Å². The summed E-state index contributed by atoms with van der Waals surface area (Å²) in [5.74, 6) is -0.0308. The van der Waals surface area contributed by atoms with Crippen LogP contribution < -0.4 is 9.64 Å². The minimum absolute atomic E-state index is 0.232.